The second kappa shape index (κ2) is 7.34. The van der Waals surface area contributed by atoms with E-state index in [-0.39, 0.29) is 12.1 Å². The van der Waals surface area contributed by atoms with E-state index in [1.54, 1.807) is 6.33 Å². The fourth-order valence-corrected chi connectivity index (χ4v) is 2.92. The summed E-state index contributed by atoms with van der Waals surface area (Å²) in [5.41, 5.74) is 0.390. The third-order valence-corrected chi connectivity index (χ3v) is 4.08. The van der Waals surface area contributed by atoms with E-state index in [0.29, 0.717) is 5.02 Å². The highest BCUT2D eigenvalue weighted by atomic mass is 35.5. The summed E-state index contributed by atoms with van der Waals surface area (Å²) in [6.07, 6.45) is 3.65. The van der Waals surface area contributed by atoms with Crippen molar-refractivity contribution in [3.8, 4) is 0 Å². The molecule has 1 aromatic heterocycles. The molecule has 0 atom stereocenters. The van der Waals surface area contributed by atoms with Crippen LogP contribution in [0.5, 0.6) is 0 Å². The van der Waals surface area contributed by atoms with Crippen LogP contribution in [-0.2, 0) is 11.2 Å². The number of rotatable bonds is 3. The van der Waals surface area contributed by atoms with E-state index in [9.17, 15) is 4.79 Å². The van der Waals surface area contributed by atoms with Crippen LogP contribution in [0.3, 0.4) is 0 Å². The molecule has 0 spiro atoms. The van der Waals surface area contributed by atoms with Crippen molar-refractivity contribution in [3.63, 3.8) is 0 Å². The van der Waals surface area contributed by atoms with E-state index in [1.807, 2.05) is 27.7 Å². The average molecular weight is 341 g/mol. The summed E-state index contributed by atoms with van der Waals surface area (Å²) in [5, 5.41) is 3.56. The van der Waals surface area contributed by atoms with Crippen LogP contribution >= 0.6 is 11.6 Å². The molecule has 1 N–H and O–H groups in total. The third-order valence-electron chi connectivity index (χ3n) is 3.69. The highest BCUT2D eigenvalue weighted by Crippen LogP contribution is 2.28. The molecular formula is C16H25ClN4O2. The topological polar surface area (TPSA) is 67.4 Å². The number of ether oxygens (including phenoxy) is 1. The Bertz CT molecular complexity index is 552. The molecule has 1 aliphatic rings. The van der Waals surface area contributed by atoms with Gasteiger partial charge in [-0.25, -0.2) is 14.8 Å². The number of nitrogens with zero attached hydrogens (tertiary/aromatic N) is 3. The highest BCUT2D eigenvalue weighted by Gasteiger charge is 2.25. The lowest BCUT2D eigenvalue weighted by Crippen LogP contribution is -2.46. The maximum atomic E-state index is 11.8. The zero-order chi connectivity index (χ0) is 17.0. The van der Waals surface area contributed by atoms with Crippen LogP contribution in [-0.4, -0.2) is 40.8 Å². The lowest BCUT2D eigenvalue weighted by Gasteiger charge is -2.34. The van der Waals surface area contributed by atoms with Gasteiger partial charge in [0.25, 0.3) is 0 Å². The predicted octanol–water partition coefficient (Wildman–Crippen LogP) is 3.19. The second-order valence-electron chi connectivity index (χ2n) is 6.72. The Hall–Kier alpha value is -1.56. The van der Waals surface area contributed by atoms with Crippen LogP contribution in [0, 0.1) is 0 Å². The highest BCUT2D eigenvalue weighted by molar-refractivity contribution is 6.33. The molecule has 2 heterocycles. The normalized spacial score (nSPS) is 16.3. The minimum Gasteiger partial charge on any atom is -0.444 e. The molecule has 0 aromatic carbocycles. The smallest absolute Gasteiger partial charge is 0.407 e. The van der Waals surface area contributed by atoms with Gasteiger partial charge >= 0.3 is 6.09 Å². The zero-order valence-electron chi connectivity index (χ0n) is 14.2. The van der Waals surface area contributed by atoms with Crippen LogP contribution < -0.4 is 10.2 Å². The summed E-state index contributed by atoms with van der Waals surface area (Å²) in [5.74, 6) is 0.786. The van der Waals surface area contributed by atoms with Gasteiger partial charge in [-0.15, -0.1) is 0 Å². The first-order valence-electron chi connectivity index (χ1n) is 8.04. The van der Waals surface area contributed by atoms with Gasteiger partial charge in [-0.3, -0.25) is 0 Å². The maximum Gasteiger partial charge on any atom is 0.407 e. The number of hydrogen-bond donors (Lipinski definition) is 1. The molecule has 0 radical (unpaired) electrons. The van der Waals surface area contributed by atoms with E-state index >= 15 is 0 Å². The van der Waals surface area contributed by atoms with Crippen molar-refractivity contribution in [2.45, 2.75) is 58.6 Å². The van der Waals surface area contributed by atoms with Gasteiger partial charge in [0.1, 0.15) is 17.0 Å². The number of nitrogens with one attached hydrogen (secondary N) is 1. The first-order valence-corrected chi connectivity index (χ1v) is 8.41. The average Bonchev–Trinajstić information content (AvgIpc) is 2.46. The van der Waals surface area contributed by atoms with Crippen molar-refractivity contribution < 1.29 is 9.53 Å². The van der Waals surface area contributed by atoms with Crippen LogP contribution in [0.1, 0.15) is 46.2 Å². The number of alkyl carbamates (subject to hydrolysis) is 1. The molecule has 1 amide bonds. The minimum absolute atomic E-state index is 0.118. The summed E-state index contributed by atoms with van der Waals surface area (Å²) < 4.78 is 5.30. The number of aromatic nitrogens is 2. The van der Waals surface area contributed by atoms with E-state index in [4.69, 9.17) is 16.3 Å². The summed E-state index contributed by atoms with van der Waals surface area (Å²) in [7, 11) is 0. The van der Waals surface area contributed by atoms with Gasteiger partial charge in [-0.2, -0.15) is 0 Å². The Morgan fingerprint density at radius 1 is 1.39 bits per heavy atom. The van der Waals surface area contributed by atoms with Crippen molar-refractivity contribution in [2.24, 2.45) is 0 Å². The van der Waals surface area contributed by atoms with Crippen molar-refractivity contribution in [1.82, 2.24) is 15.3 Å². The molecular weight excluding hydrogens is 316 g/mol. The van der Waals surface area contributed by atoms with E-state index in [2.05, 4.69) is 20.2 Å². The standard InChI is InChI=1S/C16H25ClN4O2/c1-5-12-13(17)14(19-10-18-12)21-8-6-11(7-9-21)20-15(22)23-16(2,3)4/h10-11H,5-9H2,1-4H3,(H,20,22). The molecule has 0 bridgehead atoms. The summed E-state index contributed by atoms with van der Waals surface area (Å²) >= 11 is 6.38. The van der Waals surface area contributed by atoms with Gasteiger partial charge in [-0.05, 0) is 40.0 Å². The number of halogens is 1. The van der Waals surface area contributed by atoms with Gasteiger partial charge < -0.3 is 15.0 Å². The van der Waals surface area contributed by atoms with Gasteiger partial charge in [0.15, 0.2) is 5.82 Å². The van der Waals surface area contributed by atoms with E-state index in [0.717, 1.165) is 43.9 Å². The number of carbonyl (C=O) groups excluding carboxylic acids is 1. The van der Waals surface area contributed by atoms with Crippen LogP contribution in [0.15, 0.2) is 6.33 Å². The molecule has 1 aromatic rings. The van der Waals surface area contributed by atoms with Crippen LogP contribution in [0.2, 0.25) is 5.02 Å². The van der Waals surface area contributed by atoms with Gasteiger partial charge in [0.05, 0.1) is 5.69 Å². The predicted molar refractivity (Wildman–Crippen MR) is 91.0 cm³/mol. The second-order valence-corrected chi connectivity index (χ2v) is 7.10. The fourth-order valence-electron chi connectivity index (χ4n) is 2.57. The maximum absolute atomic E-state index is 11.8. The monoisotopic (exact) mass is 340 g/mol. The number of anilines is 1. The SMILES string of the molecule is CCc1ncnc(N2CCC(NC(=O)OC(C)(C)C)CC2)c1Cl. The molecule has 128 valence electrons. The Labute approximate surface area is 142 Å². The van der Waals surface area contributed by atoms with E-state index in [1.165, 1.54) is 0 Å². The first-order chi connectivity index (χ1) is 10.8. The Morgan fingerprint density at radius 2 is 2.04 bits per heavy atom. The Morgan fingerprint density at radius 3 is 2.61 bits per heavy atom. The van der Waals surface area contributed by atoms with Crippen LogP contribution in [0.25, 0.3) is 0 Å². The van der Waals surface area contributed by atoms with Crippen LogP contribution in [0.4, 0.5) is 10.6 Å². The van der Waals surface area contributed by atoms with E-state index < -0.39 is 5.60 Å². The van der Waals surface area contributed by atoms with Crippen molar-refractivity contribution in [3.05, 3.63) is 17.0 Å². The molecule has 0 saturated carbocycles. The Balaban J connectivity index is 1.90. The van der Waals surface area contributed by atoms with Gasteiger partial charge in [0, 0.05) is 19.1 Å². The Kier molecular flexibility index (Phi) is 5.68. The molecule has 0 aliphatic carbocycles. The lowest BCUT2D eigenvalue weighted by atomic mass is 10.1. The quantitative estimate of drug-likeness (QED) is 0.915. The van der Waals surface area contributed by atoms with Crippen molar-refractivity contribution >= 4 is 23.5 Å². The third kappa shape index (κ3) is 4.96. The largest absolute Gasteiger partial charge is 0.444 e. The zero-order valence-corrected chi connectivity index (χ0v) is 15.0. The lowest BCUT2D eigenvalue weighted by molar-refractivity contribution is 0.0497. The van der Waals surface area contributed by atoms with Gasteiger partial charge in [-0.1, -0.05) is 18.5 Å². The summed E-state index contributed by atoms with van der Waals surface area (Å²) in [6.45, 7) is 9.18. The summed E-state index contributed by atoms with van der Waals surface area (Å²) in [6, 6.07) is 0.118. The molecule has 23 heavy (non-hydrogen) atoms. The minimum atomic E-state index is -0.476. The fraction of sp³-hybridized carbons (Fsp3) is 0.688. The van der Waals surface area contributed by atoms with Crippen molar-refractivity contribution in [1.29, 1.82) is 0 Å². The number of hydrogen-bond acceptors (Lipinski definition) is 5. The molecule has 2 rings (SSSR count). The molecule has 6 nitrogen and oxygen atoms in total. The van der Waals surface area contributed by atoms with Crippen molar-refractivity contribution in [2.75, 3.05) is 18.0 Å². The number of amides is 1. The number of aryl methyl sites for hydroxylation is 1. The number of piperidine rings is 1. The number of carbonyl (C=O) groups is 1. The first kappa shape index (κ1) is 17.8. The molecule has 1 saturated heterocycles. The molecule has 0 unspecified atom stereocenters. The molecule has 1 fully saturated rings. The molecule has 1 aliphatic heterocycles. The molecule has 7 heteroatoms. The summed E-state index contributed by atoms with van der Waals surface area (Å²) in [4.78, 5) is 22.5. The van der Waals surface area contributed by atoms with Gasteiger partial charge in [0.2, 0.25) is 0 Å².